The van der Waals surface area contributed by atoms with E-state index in [1.54, 1.807) is 0 Å². The fourth-order valence-electron chi connectivity index (χ4n) is 4.50. The summed E-state index contributed by atoms with van der Waals surface area (Å²) in [6.07, 6.45) is 32.4. The molecule has 1 heteroatoms. The fourth-order valence-corrected chi connectivity index (χ4v) is 4.50. The summed E-state index contributed by atoms with van der Waals surface area (Å²) in [5, 5.41) is 0. The zero-order chi connectivity index (χ0) is 22.0. The normalized spacial score (nSPS) is 12.5. The minimum absolute atomic E-state index is 0.820. The van der Waals surface area contributed by atoms with Crippen LogP contribution in [0.15, 0.2) is 0 Å². The number of unbranched alkanes of at least 4 members (excludes halogenated alkanes) is 18. The summed E-state index contributed by atoms with van der Waals surface area (Å²) in [7, 11) is 0. The summed E-state index contributed by atoms with van der Waals surface area (Å²) in [4.78, 5) is 0. The Morgan fingerprint density at radius 1 is 0.400 bits per heavy atom. The second kappa shape index (κ2) is 27.0. The van der Waals surface area contributed by atoms with E-state index < -0.39 is 0 Å². The molecule has 0 radical (unpaired) electrons. The largest absolute Gasteiger partial charge is 0.381 e. The van der Waals surface area contributed by atoms with Crippen molar-refractivity contribution in [1.82, 2.24) is 0 Å². The zero-order valence-electron chi connectivity index (χ0n) is 21.7. The van der Waals surface area contributed by atoms with Crippen LogP contribution in [0.25, 0.3) is 0 Å². The lowest BCUT2D eigenvalue weighted by molar-refractivity contribution is 0.0878. The average Bonchev–Trinajstić information content (AvgIpc) is 2.76. The highest BCUT2D eigenvalue weighted by Gasteiger charge is 2.09. The number of rotatable bonds is 26. The van der Waals surface area contributed by atoms with Gasteiger partial charge in [0.2, 0.25) is 0 Å². The Kier molecular flexibility index (Phi) is 27.0. The molecule has 0 amide bonds. The third-order valence-corrected chi connectivity index (χ3v) is 6.68. The van der Waals surface area contributed by atoms with Gasteiger partial charge in [0, 0.05) is 13.2 Å². The van der Waals surface area contributed by atoms with Gasteiger partial charge in [0.1, 0.15) is 0 Å². The maximum absolute atomic E-state index is 6.13. The lowest BCUT2D eigenvalue weighted by Gasteiger charge is -2.17. The van der Waals surface area contributed by atoms with Gasteiger partial charge in [-0.3, -0.25) is 0 Å². The van der Waals surface area contributed by atoms with Crippen molar-refractivity contribution >= 4 is 0 Å². The summed E-state index contributed by atoms with van der Waals surface area (Å²) >= 11 is 0. The van der Waals surface area contributed by atoms with Gasteiger partial charge in [-0.2, -0.15) is 0 Å². The summed E-state index contributed by atoms with van der Waals surface area (Å²) in [6, 6.07) is 0. The molecule has 1 nitrogen and oxygen atoms in total. The lowest BCUT2D eigenvalue weighted by atomic mass is 9.95. The molecule has 0 fully saturated rings. The summed E-state index contributed by atoms with van der Waals surface area (Å²) in [5.74, 6) is 0.820. The van der Waals surface area contributed by atoms with Crippen LogP contribution in [0.4, 0.5) is 0 Å². The quantitative estimate of drug-likeness (QED) is 0.125. The second-order valence-corrected chi connectivity index (χ2v) is 9.88. The van der Waals surface area contributed by atoms with Crippen molar-refractivity contribution < 1.29 is 4.74 Å². The van der Waals surface area contributed by atoms with Crippen molar-refractivity contribution in [2.45, 2.75) is 168 Å². The molecule has 1 atom stereocenters. The highest BCUT2D eigenvalue weighted by atomic mass is 16.5. The van der Waals surface area contributed by atoms with Gasteiger partial charge in [-0.25, -0.2) is 0 Å². The molecule has 0 aromatic heterocycles. The van der Waals surface area contributed by atoms with Crippen LogP contribution in [0.2, 0.25) is 0 Å². The monoisotopic (exact) mass is 424 g/mol. The van der Waals surface area contributed by atoms with Crippen molar-refractivity contribution in [2.24, 2.45) is 5.92 Å². The van der Waals surface area contributed by atoms with Crippen molar-refractivity contribution in [3.63, 3.8) is 0 Å². The molecular formula is C29H60O. The van der Waals surface area contributed by atoms with Crippen LogP contribution >= 0.6 is 0 Å². The van der Waals surface area contributed by atoms with E-state index >= 15 is 0 Å². The van der Waals surface area contributed by atoms with Gasteiger partial charge in [-0.05, 0) is 25.2 Å². The van der Waals surface area contributed by atoms with Crippen molar-refractivity contribution in [2.75, 3.05) is 13.2 Å². The predicted molar refractivity (Wildman–Crippen MR) is 138 cm³/mol. The molecule has 0 bridgehead atoms. The Hall–Kier alpha value is -0.0400. The topological polar surface area (TPSA) is 9.23 Å². The third kappa shape index (κ3) is 24.2. The van der Waals surface area contributed by atoms with E-state index in [9.17, 15) is 0 Å². The van der Waals surface area contributed by atoms with Gasteiger partial charge in [0.25, 0.3) is 0 Å². The van der Waals surface area contributed by atoms with Crippen LogP contribution in [-0.4, -0.2) is 13.2 Å². The van der Waals surface area contributed by atoms with Crippen LogP contribution in [0.1, 0.15) is 168 Å². The highest BCUT2D eigenvalue weighted by molar-refractivity contribution is 4.61. The van der Waals surface area contributed by atoms with Gasteiger partial charge >= 0.3 is 0 Å². The molecule has 0 aliphatic carbocycles. The standard InChI is InChI=1S/C29H60O/c1-4-7-10-13-15-17-19-21-24-27-30-28-29(25-22-12-9-6-3)26-23-20-18-16-14-11-8-5-2/h29H,4-28H2,1-3H3. The number of ether oxygens (including phenoxy) is 1. The molecule has 0 aliphatic heterocycles. The van der Waals surface area contributed by atoms with Crippen LogP contribution in [0.5, 0.6) is 0 Å². The minimum Gasteiger partial charge on any atom is -0.381 e. The van der Waals surface area contributed by atoms with E-state index in [-0.39, 0.29) is 0 Å². The molecule has 0 heterocycles. The molecule has 30 heavy (non-hydrogen) atoms. The molecule has 182 valence electrons. The maximum Gasteiger partial charge on any atom is 0.0494 e. The second-order valence-electron chi connectivity index (χ2n) is 9.88. The first kappa shape index (κ1) is 30.0. The van der Waals surface area contributed by atoms with E-state index in [1.165, 1.54) is 148 Å². The van der Waals surface area contributed by atoms with E-state index in [0.717, 1.165) is 19.1 Å². The lowest BCUT2D eigenvalue weighted by Crippen LogP contribution is -2.11. The molecule has 0 saturated heterocycles. The molecule has 0 spiro atoms. The van der Waals surface area contributed by atoms with E-state index in [4.69, 9.17) is 4.74 Å². The van der Waals surface area contributed by atoms with Crippen LogP contribution in [0.3, 0.4) is 0 Å². The minimum atomic E-state index is 0.820. The molecule has 0 rings (SSSR count). The number of hydrogen-bond acceptors (Lipinski definition) is 1. The first-order chi connectivity index (χ1) is 14.8. The summed E-state index contributed by atoms with van der Waals surface area (Å²) in [6.45, 7) is 8.94. The fraction of sp³-hybridized carbons (Fsp3) is 1.00. The van der Waals surface area contributed by atoms with Crippen LogP contribution in [-0.2, 0) is 4.74 Å². The Morgan fingerprint density at radius 2 is 0.733 bits per heavy atom. The first-order valence-electron chi connectivity index (χ1n) is 14.4. The Labute approximate surface area is 192 Å². The van der Waals surface area contributed by atoms with Crippen molar-refractivity contribution in [3.8, 4) is 0 Å². The first-order valence-corrected chi connectivity index (χ1v) is 14.4. The SMILES string of the molecule is CCCCCCCCCCCOCC(CCCCCC)CCCCCCCCCC. The van der Waals surface area contributed by atoms with Crippen LogP contribution in [0, 0.1) is 5.92 Å². The molecule has 0 N–H and O–H groups in total. The van der Waals surface area contributed by atoms with E-state index in [0.29, 0.717) is 0 Å². The summed E-state index contributed by atoms with van der Waals surface area (Å²) < 4.78 is 6.13. The smallest absolute Gasteiger partial charge is 0.0494 e. The van der Waals surface area contributed by atoms with Gasteiger partial charge in [-0.15, -0.1) is 0 Å². The molecule has 0 aromatic rings. The number of hydrogen-bond donors (Lipinski definition) is 0. The molecule has 0 saturated carbocycles. The summed E-state index contributed by atoms with van der Waals surface area (Å²) in [5.41, 5.74) is 0. The molecule has 1 unspecified atom stereocenters. The average molecular weight is 425 g/mol. The molecule has 0 aromatic carbocycles. The van der Waals surface area contributed by atoms with Crippen molar-refractivity contribution in [3.05, 3.63) is 0 Å². The van der Waals surface area contributed by atoms with Gasteiger partial charge < -0.3 is 4.74 Å². The predicted octanol–water partition coefficient (Wildman–Crippen LogP) is 10.7. The molecular weight excluding hydrogens is 364 g/mol. The zero-order valence-corrected chi connectivity index (χ0v) is 21.7. The van der Waals surface area contributed by atoms with Crippen LogP contribution < -0.4 is 0 Å². The van der Waals surface area contributed by atoms with E-state index in [1.807, 2.05) is 0 Å². The van der Waals surface area contributed by atoms with Gasteiger partial charge in [-0.1, -0.05) is 149 Å². The third-order valence-electron chi connectivity index (χ3n) is 6.68. The highest BCUT2D eigenvalue weighted by Crippen LogP contribution is 2.20. The Balaban J connectivity index is 3.67. The maximum atomic E-state index is 6.13. The van der Waals surface area contributed by atoms with E-state index in [2.05, 4.69) is 20.8 Å². The van der Waals surface area contributed by atoms with Gasteiger partial charge in [0.05, 0.1) is 0 Å². The molecule has 0 aliphatic rings. The van der Waals surface area contributed by atoms with Gasteiger partial charge in [0.15, 0.2) is 0 Å². The Morgan fingerprint density at radius 3 is 1.17 bits per heavy atom. The van der Waals surface area contributed by atoms with Crippen molar-refractivity contribution in [1.29, 1.82) is 0 Å². The Bertz CT molecular complexity index is 288.